The molecule has 0 bridgehead atoms. The van der Waals surface area contributed by atoms with E-state index in [9.17, 15) is 33.9 Å². The number of hydrogen-bond acceptors (Lipinski definition) is 9. The first-order valence-electron chi connectivity index (χ1n) is 15.9. The van der Waals surface area contributed by atoms with Gasteiger partial charge in [-0.25, -0.2) is 14.3 Å². The van der Waals surface area contributed by atoms with Gasteiger partial charge < -0.3 is 45.2 Å². The highest BCUT2D eigenvalue weighted by Gasteiger charge is 2.36. The molecule has 1 aliphatic carbocycles. The third-order valence-corrected chi connectivity index (χ3v) is 8.68. The van der Waals surface area contributed by atoms with Crippen molar-refractivity contribution < 1.29 is 43.3 Å². The number of carbonyl (C=O) groups is 6. The molecule has 258 valence electrons. The molecule has 5 rings (SSSR count). The number of rotatable bonds is 11. The van der Waals surface area contributed by atoms with E-state index in [2.05, 4.69) is 25.8 Å². The van der Waals surface area contributed by atoms with Crippen molar-refractivity contribution in [1.29, 1.82) is 0 Å². The van der Waals surface area contributed by atoms with E-state index in [0.29, 0.717) is 25.1 Å². The first kappa shape index (κ1) is 34.0. The van der Waals surface area contributed by atoms with Gasteiger partial charge in [0.05, 0.1) is 19.3 Å². The molecule has 17 heteroatoms. The molecule has 1 aromatic heterocycles. The fourth-order valence-electron chi connectivity index (χ4n) is 5.77. The lowest BCUT2D eigenvalue weighted by Crippen LogP contribution is -2.58. The quantitative estimate of drug-likeness (QED) is 0.256. The minimum absolute atomic E-state index is 0.0784. The number of methoxy groups -OCH3 is 1. The van der Waals surface area contributed by atoms with E-state index in [0.717, 1.165) is 26.4 Å². The number of benzene rings is 1. The number of ether oxygens (including phenoxy) is 2. The molecular formula is C31H40N8O9. The molecule has 0 spiro atoms. The molecule has 3 aliphatic rings. The third kappa shape index (κ3) is 8.13. The van der Waals surface area contributed by atoms with Crippen molar-refractivity contribution in [3.05, 3.63) is 42.1 Å². The standard InChI is InChI=1S/C31H40N8O9/c1-47-30(44)32-18-23(29(43)36-13-15-37(16-14-36)31(45)46)34-27(41)22-17-26(39(35-22)21-9-3-2-4-10-21)48-19-25(40)38-12-6-11-24(38)28(42)33-20-7-5-8-20/h2-4,9-10,17,20,23-24H,5-8,11-16,18-19H2,1H3,(H,32,44)(H,33,42)(H,34,41)(H,45,46)/t23-,24-/m0/s1. The summed E-state index contributed by atoms with van der Waals surface area (Å²) in [5.41, 5.74) is 0.404. The number of aromatic nitrogens is 2. The van der Waals surface area contributed by atoms with Gasteiger partial charge in [-0.1, -0.05) is 18.2 Å². The van der Waals surface area contributed by atoms with Crippen LogP contribution in [0.3, 0.4) is 0 Å². The van der Waals surface area contributed by atoms with Gasteiger partial charge in [-0.3, -0.25) is 19.2 Å². The number of amides is 6. The van der Waals surface area contributed by atoms with Gasteiger partial charge >= 0.3 is 12.2 Å². The number of para-hydroxylation sites is 1. The lowest BCUT2D eigenvalue weighted by atomic mass is 9.93. The summed E-state index contributed by atoms with van der Waals surface area (Å²) in [6, 6.07) is 8.47. The zero-order chi connectivity index (χ0) is 34.2. The summed E-state index contributed by atoms with van der Waals surface area (Å²) in [6.07, 6.45) is 2.31. The first-order valence-corrected chi connectivity index (χ1v) is 15.9. The molecule has 0 radical (unpaired) electrons. The van der Waals surface area contributed by atoms with Crippen LogP contribution in [0.15, 0.2) is 36.4 Å². The Morgan fingerprint density at radius 2 is 1.67 bits per heavy atom. The Hall–Kier alpha value is -5.35. The number of hydrogen-bond donors (Lipinski definition) is 4. The lowest BCUT2D eigenvalue weighted by Gasteiger charge is -2.35. The largest absolute Gasteiger partial charge is 0.467 e. The summed E-state index contributed by atoms with van der Waals surface area (Å²) in [5, 5.41) is 21.7. The number of carboxylic acid groups (broad SMARTS) is 1. The monoisotopic (exact) mass is 668 g/mol. The van der Waals surface area contributed by atoms with E-state index >= 15 is 0 Å². The summed E-state index contributed by atoms with van der Waals surface area (Å²) in [4.78, 5) is 80.3. The normalized spacial score (nSPS) is 18.4. The second kappa shape index (κ2) is 15.5. The van der Waals surface area contributed by atoms with Gasteiger partial charge in [0, 0.05) is 44.8 Å². The fourth-order valence-corrected chi connectivity index (χ4v) is 5.77. The van der Waals surface area contributed by atoms with Gasteiger partial charge in [0.2, 0.25) is 17.7 Å². The second-order valence-corrected chi connectivity index (χ2v) is 11.8. The van der Waals surface area contributed by atoms with Gasteiger partial charge in [0.1, 0.15) is 12.1 Å². The highest BCUT2D eigenvalue weighted by atomic mass is 16.5. The number of piperazine rings is 1. The number of nitrogens with one attached hydrogen (secondary N) is 3. The lowest BCUT2D eigenvalue weighted by molar-refractivity contribution is -0.140. The highest BCUT2D eigenvalue weighted by molar-refractivity contribution is 5.97. The molecule has 6 amide bonds. The maximum Gasteiger partial charge on any atom is 0.407 e. The summed E-state index contributed by atoms with van der Waals surface area (Å²) in [6.45, 7) is 0.108. The summed E-state index contributed by atoms with van der Waals surface area (Å²) >= 11 is 0. The van der Waals surface area contributed by atoms with Crippen molar-refractivity contribution >= 4 is 35.8 Å². The van der Waals surface area contributed by atoms with E-state index in [1.165, 1.54) is 25.4 Å². The predicted molar refractivity (Wildman–Crippen MR) is 167 cm³/mol. The Morgan fingerprint density at radius 1 is 0.958 bits per heavy atom. The molecule has 1 aromatic carbocycles. The Labute approximate surface area is 276 Å². The summed E-state index contributed by atoms with van der Waals surface area (Å²) in [7, 11) is 1.16. The smallest absolute Gasteiger partial charge is 0.407 e. The maximum absolute atomic E-state index is 13.5. The molecule has 2 aromatic rings. The molecule has 4 N–H and O–H groups in total. The number of carbonyl (C=O) groups excluding carboxylic acids is 5. The van der Waals surface area contributed by atoms with Crippen LogP contribution in [0, 0.1) is 0 Å². The Morgan fingerprint density at radius 3 is 2.31 bits per heavy atom. The van der Waals surface area contributed by atoms with Crippen LogP contribution < -0.4 is 20.7 Å². The van der Waals surface area contributed by atoms with Crippen LogP contribution in [0.5, 0.6) is 5.88 Å². The van der Waals surface area contributed by atoms with Gasteiger partial charge in [-0.15, -0.1) is 0 Å². The van der Waals surface area contributed by atoms with Crippen LogP contribution in [0.1, 0.15) is 42.6 Å². The Bertz CT molecular complexity index is 1500. The minimum atomic E-state index is -1.24. The SMILES string of the molecule is COC(=O)NC[C@H](NC(=O)c1cc(OCC(=O)N2CCC[C@H]2C(=O)NC2CCC2)n(-c2ccccc2)n1)C(=O)N1CCN(C(=O)O)CC1. The molecule has 2 aliphatic heterocycles. The van der Waals surface area contributed by atoms with E-state index in [4.69, 9.17) is 4.74 Å². The molecule has 48 heavy (non-hydrogen) atoms. The van der Waals surface area contributed by atoms with Gasteiger partial charge in [0.25, 0.3) is 11.8 Å². The van der Waals surface area contributed by atoms with Crippen molar-refractivity contribution in [3.63, 3.8) is 0 Å². The molecule has 3 heterocycles. The first-order chi connectivity index (χ1) is 23.1. The van der Waals surface area contributed by atoms with Gasteiger partial charge in [-0.2, -0.15) is 5.10 Å². The molecule has 0 unspecified atom stereocenters. The molecule has 1 saturated carbocycles. The molecule has 17 nitrogen and oxygen atoms in total. The number of likely N-dealkylation sites (tertiary alicyclic amines) is 1. The van der Waals surface area contributed by atoms with Crippen LogP contribution >= 0.6 is 0 Å². The molecule has 2 atom stereocenters. The van der Waals surface area contributed by atoms with Crippen molar-refractivity contribution in [2.45, 2.75) is 50.2 Å². The zero-order valence-electron chi connectivity index (χ0n) is 26.6. The highest BCUT2D eigenvalue weighted by Crippen LogP contribution is 2.23. The van der Waals surface area contributed by atoms with E-state index in [1.807, 2.05) is 0 Å². The van der Waals surface area contributed by atoms with E-state index < -0.39 is 42.7 Å². The van der Waals surface area contributed by atoms with Crippen molar-refractivity contribution in [1.82, 2.24) is 40.4 Å². The van der Waals surface area contributed by atoms with Crippen LogP contribution in [0.2, 0.25) is 0 Å². The van der Waals surface area contributed by atoms with Crippen molar-refractivity contribution in [2.24, 2.45) is 0 Å². The molecule has 3 fully saturated rings. The second-order valence-electron chi connectivity index (χ2n) is 11.8. The van der Waals surface area contributed by atoms with Crippen LogP contribution in [-0.2, 0) is 19.1 Å². The fraction of sp³-hybridized carbons (Fsp3) is 0.516. The molecule has 2 saturated heterocycles. The Kier molecular flexibility index (Phi) is 11.0. The van der Waals surface area contributed by atoms with Crippen molar-refractivity contribution in [3.8, 4) is 11.6 Å². The minimum Gasteiger partial charge on any atom is -0.467 e. The van der Waals surface area contributed by atoms with E-state index in [1.54, 1.807) is 30.3 Å². The average molecular weight is 669 g/mol. The summed E-state index contributed by atoms with van der Waals surface area (Å²) in [5.74, 6) is -1.75. The van der Waals surface area contributed by atoms with E-state index in [-0.39, 0.29) is 62.2 Å². The summed E-state index contributed by atoms with van der Waals surface area (Å²) < 4.78 is 11.9. The Balaban J connectivity index is 1.29. The van der Waals surface area contributed by atoms with Gasteiger partial charge in [-0.05, 0) is 44.2 Å². The zero-order valence-corrected chi connectivity index (χ0v) is 26.6. The average Bonchev–Trinajstić information content (AvgIpc) is 3.75. The maximum atomic E-state index is 13.5. The number of alkyl carbamates (subject to hydrolysis) is 1. The predicted octanol–water partition coefficient (Wildman–Crippen LogP) is 0.187. The van der Waals surface area contributed by atoms with Crippen molar-refractivity contribution in [2.75, 3.05) is 53.0 Å². The van der Waals surface area contributed by atoms with Gasteiger partial charge in [0.15, 0.2) is 12.3 Å². The number of nitrogens with zero attached hydrogens (tertiary/aromatic N) is 5. The molecular weight excluding hydrogens is 628 g/mol. The topological polar surface area (TPSA) is 205 Å². The third-order valence-electron chi connectivity index (χ3n) is 8.68. The van der Waals surface area contributed by atoms with Crippen LogP contribution in [0.25, 0.3) is 5.69 Å². The van der Waals surface area contributed by atoms with Crippen LogP contribution in [-0.4, -0.2) is 137 Å². The van der Waals surface area contributed by atoms with Crippen LogP contribution in [0.4, 0.5) is 9.59 Å².